The van der Waals surface area contributed by atoms with Gasteiger partial charge < -0.3 is 0 Å². The molecule has 0 heterocycles. The summed E-state index contributed by atoms with van der Waals surface area (Å²) in [4.78, 5) is 14.2. The van der Waals surface area contributed by atoms with Crippen molar-refractivity contribution in [2.75, 3.05) is 7.05 Å². The Balaban J connectivity index is 2.63. The van der Waals surface area contributed by atoms with Gasteiger partial charge in [0.2, 0.25) is 0 Å². The first-order valence-electron chi connectivity index (χ1n) is 6.28. The molecule has 2 heteroatoms. The summed E-state index contributed by atoms with van der Waals surface area (Å²) in [5.41, 5.74) is 0. The smallest absolute Gasteiger partial charge is 0.149 e. The summed E-state index contributed by atoms with van der Waals surface area (Å²) in [7, 11) is 2.11. The molecule has 0 bridgehead atoms. The van der Waals surface area contributed by atoms with Crippen LogP contribution < -0.4 is 0 Å². The van der Waals surface area contributed by atoms with Crippen LogP contribution in [0.5, 0.6) is 0 Å². The Morgan fingerprint density at radius 1 is 1.20 bits per heavy atom. The zero-order valence-electron chi connectivity index (χ0n) is 10.6. The van der Waals surface area contributed by atoms with Crippen LogP contribution in [0.3, 0.4) is 0 Å². The Labute approximate surface area is 94.0 Å². The summed E-state index contributed by atoms with van der Waals surface area (Å²) in [6.07, 6.45) is 5.39. The molecular formula is C13H25NO. The van der Waals surface area contributed by atoms with E-state index in [1.165, 1.54) is 12.8 Å². The monoisotopic (exact) mass is 211 g/mol. The number of likely N-dealkylation sites (N-methyl/N-ethyl adjacent to an activating group) is 1. The van der Waals surface area contributed by atoms with Crippen molar-refractivity contribution in [1.82, 2.24) is 4.90 Å². The maximum atomic E-state index is 11.9. The van der Waals surface area contributed by atoms with Crippen LogP contribution in [-0.4, -0.2) is 29.8 Å². The van der Waals surface area contributed by atoms with Gasteiger partial charge in [0.15, 0.2) is 0 Å². The molecule has 0 spiro atoms. The van der Waals surface area contributed by atoms with E-state index < -0.39 is 0 Å². The first kappa shape index (κ1) is 12.7. The van der Waals surface area contributed by atoms with Gasteiger partial charge in [0.05, 0.1) is 6.04 Å². The molecule has 0 radical (unpaired) electrons. The fraction of sp³-hybridized carbons (Fsp3) is 0.923. The molecule has 0 aromatic carbocycles. The molecule has 1 fully saturated rings. The molecule has 15 heavy (non-hydrogen) atoms. The third-order valence-corrected chi connectivity index (χ3v) is 3.87. The zero-order chi connectivity index (χ0) is 11.4. The van der Waals surface area contributed by atoms with Crippen molar-refractivity contribution >= 4 is 5.78 Å². The zero-order valence-corrected chi connectivity index (χ0v) is 10.6. The molecule has 0 N–H and O–H groups in total. The van der Waals surface area contributed by atoms with Gasteiger partial charge in [0, 0.05) is 12.5 Å². The van der Waals surface area contributed by atoms with Crippen LogP contribution in [0.1, 0.15) is 52.9 Å². The van der Waals surface area contributed by atoms with Crippen LogP contribution in [0.15, 0.2) is 0 Å². The molecule has 0 aromatic rings. The Bertz CT molecular complexity index is 213. The maximum absolute atomic E-state index is 11.9. The van der Waals surface area contributed by atoms with E-state index in [2.05, 4.69) is 32.7 Å². The lowest BCUT2D eigenvalue weighted by atomic mass is 9.99. The average Bonchev–Trinajstić information content (AvgIpc) is 2.40. The highest BCUT2D eigenvalue weighted by Crippen LogP contribution is 2.21. The number of rotatable bonds is 3. The fourth-order valence-corrected chi connectivity index (χ4v) is 2.33. The molecule has 2 nitrogen and oxygen atoms in total. The van der Waals surface area contributed by atoms with Crippen molar-refractivity contribution in [3.8, 4) is 0 Å². The first-order valence-corrected chi connectivity index (χ1v) is 6.28. The Kier molecular flexibility index (Phi) is 4.78. The lowest BCUT2D eigenvalue weighted by Crippen LogP contribution is -2.45. The average molecular weight is 211 g/mol. The van der Waals surface area contributed by atoms with Gasteiger partial charge in [-0.1, -0.05) is 26.7 Å². The minimum Gasteiger partial charge on any atom is -0.298 e. The molecule has 0 amide bonds. The minimum absolute atomic E-state index is 0.185. The predicted molar refractivity (Wildman–Crippen MR) is 63.9 cm³/mol. The summed E-state index contributed by atoms with van der Waals surface area (Å²) < 4.78 is 0. The summed E-state index contributed by atoms with van der Waals surface area (Å²) >= 11 is 0. The summed E-state index contributed by atoms with van der Waals surface area (Å²) in [6.45, 7) is 6.67. The van der Waals surface area contributed by atoms with E-state index in [0.717, 1.165) is 19.3 Å². The van der Waals surface area contributed by atoms with Gasteiger partial charge in [-0.15, -0.1) is 0 Å². The highest BCUT2D eigenvalue weighted by Gasteiger charge is 2.28. The van der Waals surface area contributed by atoms with Crippen LogP contribution in [0, 0.1) is 5.92 Å². The molecule has 1 aliphatic rings. The lowest BCUT2D eigenvalue weighted by Gasteiger charge is -2.33. The van der Waals surface area contributed by atoms with Crippen molar-refractivity contribution in [3.63, 3.8) is 0 Å². The Morgan fingerprint density at radius 2 is 1.87 bits per heavy atom. The van der Waals surface area contributed by atoms with Crippen LogP contribution in [-0.2, 0) is 4.79 Å². The highest BCUT2D eigenvalue weighted by atomic mass is 16.1. The third kappa shape index (κ3) is 3.30. The van der Waals surface area contributed by atoms with Crippen molar-refractivity contribution in [2.24, 2.45) is 5.92 Å². The first-order chi connectivity index (χ1) is 7.04. The number of ketones is 1. The predicted octanol–water partition coefficient (Wildman–Crippen LogP) is 2.86. The fourth-order valence-electron chi connectivity index (χ4n) is 2.33. The van der Waals surface area contributed by atoms with Gasteiger partial charge in [0.25, 0.3) is 0 Å². The van der Waals surface area contributed by atoms with Crippen molar-refractivity contribution in [2.45, 2.75) is 65.0 Å². The largest absolute Gasteiger partial charge is 0.298 e. The molecule has 0 aliphatic heterocycles. The van der Waals surface area contributed by atoms with E-state index in [1.54, 1.807) is 0 Å². The number of nitrogens with zero attached hydrogens (tertiary/aromatic N) is 1. The quantitative estimate of drug-likeness (QED) is 0.669. The SMILES string of the molecule is CC(C)C(C)N(C)C1CCCCCC1=O. The molecule has 0 aromatic heterocycles. The van der Waals surface area contributed by atoms with E-state index in [9.17, 15) is 4.79 Å². The van der Waals surface area contributed by atoms with E-state index in [-0.39, 0.29) is 6.04 Å². The minimum atomic E-state index is 0.185. The van der Waals surface area contributed by atoms with Crippen molar-refractivity contribution < 1.29 is 4.79 Å². The Hall–Kier alpha value is -0.370. The molecule has 1 rings (SSSR count). The molecule has 2 atom stereocenters. The maximum Gasteiger partial charge on any atom is 0.149 e. The summed E-state index contributed by atoms with van der Waals surface area (Å²) in [5.74, 6) is 1.08. The number of hydrogen-bond donors (Lipinski definition) is 0. The van der Waals surface area contributed by atoms with E-state index >= 15 is 0 Å². The summed E-state index contributed by atoms with van der Waals surface area (Å²) in [5, 5.41) is 0. The van der Waals surface area contributed by atoms with Crippen LogP contribution >= 0.6 is 0 Å². The normalized spacial score (nSPS) is 25.7. The standard InChI is InChI=1S/C13H25NO/c1-10(2)11(3)14(4)12-8-6-5-7-9-13(12)15/h10-12H,5-9H2,1-4H3. The van der Waals surface area contributed by atoms with Gasteiger partial charge in [-0.25, -0.2) is 0 Å². The number of Topliss-reactive ketones (excluding diaryl/α,β-unsaturated/α-hetero) is 1. The second kappa shape index (κ2) is 5.64. The second-order valence-electron chi connectivity index (χ2n) is 5.23. The van der Waals surface area contributed by atoms with Gasteiger partial charge in [0.1, 0.15) is 5.78 Å². The number of hydrogen-bond acceptors (Lipinski definition) is 2. The van der Waals surface area contributed by atoms with Crippen LogP contribution in [0.4, 0.5) is 0 Å². The van der Waals surface area contributed by atoms with E-state index in [1.807, 2.05) is 0 Å². The van der Waals surface area contributed by atoms with E-state index in [0.29, 0.717) is 17.7 Å². The highest BCUT2D eigenvalue weighted by molar-refractivity contribution is 5.84. The van der Waals surface area contributed by atoms with Gasteiger partial charge in [-0.05, 0) is 32.7 Å². The molecule has 1 saturated carbocycles. The van der Waals surface area contributed by atoms with Gasteiger partial charge >= 0.3 is 0 Å². The third-order valence-electron chi connectivity index (χ3n) is 3.87. The summed E-state index contributed by atoms with van der Waals surface area (Å²) in [6, 6.07) is 0.682. The number of carbonyl (C=O) groups excluding carboxylic acids is 1. The second-order valence-corrected chi connectivity index (χ2v) is 5.23. The van der Waals surface area contributed by atoms with Crippen molar-refractivity contribution in [1.29, 1.82) is 0 Å². The lowest BCUT2D eigenvalue weighted by molar-refractivity contribution is -0.124. The van der Waals surface area contributed by atoms with Gasteiger partial charge in [-0.2, -0.15) is 0 Å². The molecule has 2 unspecified atom stereocenters. The molecule has 1 aliphatic carbocycles. The molecule has 88 valence electrons. The van der Waals surface area contributed by atoms with Crippen LogP contribution in [0.2, 0.25) is 0 Å². The number of carbonyl (C=O) groups is 1. The van der Waals surface area contributed by atoms with E-state index in [4.69, 9.17) is 0 Å². The van der Waals surface area contributed by atoms with Crippen molar-refractivity contribution in [3.05, 3.63) is 0 Å². The van der Waals surface area contributed by atoms with Crippen LogP contribution in [0.25, 0.3) is 0 Å². The Morgan fingerprint density at radius 3 is 2.47 bits per heavy atom. The molecule has 0 saturated heterocycles. The van der Waals surface area contributed by atoms with Gasteiger partial charge in [-0.3, -0.25) is 9.69 Å². The molecular weight excluding hydrogens is 186 g/mol. The topological polar surface area (TPSA) is 20.3 Å².